The van der Waals surface area contributed by atoms with Crippen LogP contribution in [0, 0.1) is 0 Å². The molecule has 0 saturated carbocycles. The molecule has 0 fully saturated rings. The van der Waals surface area contributed by atoms with Gasteiger partial charge < -0.3 is 0 Å². The molecule has 0 bridgehead atoms. The molecule has 0 spiro atoms. The summed E-state index contributed by atoms with van der Waals surface area (Å²) < 4.78 is 0. The molecule has 0 aliphatic carbocycles. The minimum absolute atomic E-state index is 1.22. The second-order valence-electron chi connectivity index (χ2n) is 13.7. The third-order valence-corrected chi connectivity index (χ3v) is 10.7. The highest BCUT2D eigenvalue weighted by Crippen LogP contribution is 2.45. The first-order valence-corrected chi connectivity index (χ1v) is 18.0. The summed E-state index contributed by atoms with van der Waals surface area (Å²) in [5.74, 6) is 0. The Bertz CT molecular complexity index is 2910. The number of fused-ring (bicyclic) bond motifs is 4. The molecule has 0 radical (unpaired) electrons. The maximum absolute atomic E-state index is 2.40. The van der Waals surface area contributed by atoms with Gasteiger partial charge in [0, 0.05) is 0 Å². The van der Waals surface area contributed by atoms with Crippen molar-refractivity contribution in [3.05, 3.63) is 206 Å². The zero-order chi connectivity index (χ0) is 34.4. The standard InChI is InChI=1S/C52H34/c1-2-11-35(12-3-1)44-31-32-49-50(34-44)52(41-26-21-37(22-27-41)43-30-23-36-13-4-5-15-42(36)33-43)48-19-9-8-18-47(48)51(49)40-28-24-39(25-29-40)46-20-10-16-38-14-6-7-17-45(38)46/h1-34H. The highest BCUT2D eigenvalue weighted by Gasteiger charge is 2.18. The lowest BCUT2D eigenvalue weighted by Crippen LogP contribution is -1.92. The van der Waals surface area contributed by atoms with Gasteiger partial charge in [-0.25, -0.2) is 0 Å². The maximum Gasteiger partial charge on any atom is -0.00261 e. The number of hydrogen-bond donors (Lipinski definition) is 0. The number of benzene rings is 10. The van der Waals surface area contributed by atoms with Crippen LogP contribution in [0.4, 0.5) is 0 Å². The Morgan fingerprint density at radius 1 is 0.192 bits per heavy atom. The van der Waals surface area contributed by atoms with Gasteiger partial charge in [0.25, 0.3) is 0 Å². The molecular formula is C52H34. The Morgan fingerprint density at radius 3 is 1.38 bits per heavy atom. The van der Waals surface area contributed by atoms with Crippen molar-refractivity contribution in [3.8, 4) is 55.6 Å². The van der Waals surface area contributed by atoms with Crippen LogP contribution in [0.2, 0.25) is 0 Å². The summed E-state index contributed by atoms with van der Waals surface area (Å²) in [5, 5.41) is 10.1. The summed E-state index contributed by atoms with van der Waals surface area (Å²) in [7, 11) is 0. The van der Waals surface area contributed by atoms with Gasteiger partial charge in [0.2, 0.25) is 0 Å². The lowest BCUT2D eigenvalue weighted by atomic mass is 9.84. The van der Waals surface area contributed by atoms with Crippen LogP contribution in [0.5, 0.6) is 0 Å². The van der Waals surface area contributed by atoms with E-state index in [1.54, 1.807) is 0 Å². The van der Waals surface area contributed by atoms with Gasteiger partial charge in [0.15, 0.2) is 0 Å². The largest absolute Gasteiger partial charge is 0.0622 e. The minimum atomic E-state index is 1.22. The molecule has 52 heavy (non-hydrogen) atoms. The predicted octanol–water partition coefficient (Wildman–Crippen LogP) is 14.6. The quantitative estimate of drug-likeness (QED) is 0.161. The van der Waals surface area contributed by atoms with Gasteiger partial charge in [0.1, 0.15) is 0 Å². The van der Waals surface area contributed by atoms with Gasteiger partial charge in [-0.05, 0) is 111 Å². The highest BCUT2D eigenvalue weighted by molar-refractivity contribution is 6.22. The Balaban J connectivity index is 1.17. The van der Waals surface area contributed by atoms with Crippen LogP contribution >= 0.6 is 0 Å². The summed E-state index contributed by atoms with van der Waals surface area (Å²) in [6, 6.07) is 75.6. The molecular weight excluding hydrogens is 625 g/mol. The van der Waals surface area contributed by atoms with E-state index in [-0.39, 0.29) is 0 Å². The highest BCUT2D eigenvalue weighted by atomic mass is 14.2. The van der Waals surface area contributed by atoms with E-state index >= 15 is 0 Å². The Kier molecular flexibility index (Phi) is 7.25. The molecule has 0 heterocycles. The Hall–Kier alpha value is -6.76. The molecule has 0 aliphatic rings. The van der Waals surface area contributed by atoms with Crippen molar-refractivity contribution in [2.24, 2.45) is 0 Å². The molecule has 10 aromatic rings. The zero-order valence-electron chi connectivity index (χ0n) is 28.6. The van der Waals surface area contributed by atoms with Crippen LogP contribution in [0.1, 0.15) is 0 Å². The summed E-state index contributed by atoms with van der Waals surface area (Å²) in [5.41, 5.74) is 12.3. The molecule has 0 saturated heterocycles. The first-order valence-electron chi connectivity index (χ1n) is 18.0. The van der Waals surface area contributed by atoms with Crippen molar-refractivity contribution in [2.45, 2.75) is 0 Å². The predicted molar refractivity (Wildman–Crippen MR) is 224 cm³/mol. The third-order valence-electron chi connectivity index (χ3n) is 10.7. The molecule has 10 rings (SSSR count). The van der Waals surface area contributed by atoms with Gasteiger partial charge in [-0.2, -0.15) is 0 Å². The minimum Gasteiger partial charge on any atom is -0.0622 e. The molecule has 0 atom stereocenters. The van der Waals surface area contributed by atoms with Crippen LogP contribution < -0.4 is 0 Å². The first kappa shape index (κ1) is 30.1. The van der Waals surface area contributed by atoms with Gasteiger partial charge in [0.05, 0.1) is 0 Å². The van der Waals surface area contributed by atoms with E-state index in [9.17, 15) is 0 Å². The van der Waals surface area contributed by atoms with E-state index in [1.807, 2.05) is 0 Å². The molecule has 0 heteroatoms. The smallest absolute Gasteiger partial charge is 0.00261 e. The Labute approximate surface area is 303 Å². The van der Waals surface area contributed by atoms with Crippen LogP contribution in [0.25, 0.3) is 98.7 Å². The zero-order valence-corrected chi connectivity index (χ0v) is 28.6. The number of rotatable bonds is 5. The fourth-order valence-corrected chi connectivity index (χ4v) is 8.10. The van der Waals surface area contributed by atoms with Crippen LogP contribution in [0.15, 0.2) is 206 Å². The van der Waals surface area contributed by atoms with Crippen molar-refractivity contribution >= 4 is 43.1 Å². The monoisotopic (exact) mass is 658 g/mol. The van der Waals surface area contributed by atoms with E-state index in [2.05, 4.69) is 206 Å². The van der Waals surface area contributed by atoms with Crippen molar-refractivity contribution in [3.63, 3.8) is 0 Å². The summed E-state index contributed by atoms with van der Waals surface area (Å²) in [6.45, 7) is 0. The van der Waals surface area contributed by atoms with Crippen molar-refractivity contribution in [2.75, 3.05) is 0 Å². The molecule has 242 valence electrons. The summed E-state index contributed by atoms with van der Waals surface area (Å²) >= 11 is 0. The molecule has 0 aliphatic heterocycles. The Morgan fingerprint density at radius 2 is 0.654 bits per heavy atom. The average molecular weight is 659 g/mol. The number of hydrogen-bond acceptors (Lipinski definition) is 0. The fourth-order valence-electron chi connectivity index (χ4n) is 8.10. The molecule has 0 amide bonds. The normalized spacial score (nSPS) is 11.5. The van der Waals surface area contributed by atoms with E-state index in [0.717, 1.165) is 0 Å². The SMILES string of the molecule is c1ccc(-c2ccc3c(-c4ccc(-c5cccc6ccccc56)cc4)c4ccccc4c(-c4ccc(-c5ccc6ccccc6c5)cc4)c3c2)cc1. The average Bonchev–Trinajstić information content (AvgIpc) is 3.23. The van der Waals surface area contributed by atoms with Crippen molar-refractivity contribution in [1.82, 2.24) is 0 Å². The first-order chi connectivity index (χ1) is 25.8. The van der Waals surface area contributed by atoms with E-state index in [4.69, 9.17) is 0 Å². The van der Waals surface area contributed by atoms with Crippen molar-refractivity contribution in [1.29, 1.82) is 0 Å². The van der Waals surface area contributed by atoms with Crippen LogP contribution in [-0.2, 0) is 0 Å². The molecule has 0 nitrogen and oxygen atoms in total. The summed E-state index contributed by atoms with van der Waals surface area (Å²) in [6.07, 6.45) is 0. The lowest BCUT2D eigenvalue weighted by molar-refractivity contribution is 1.61. The molecule has 0 unspecified atom stereocenters. The van der Waals surface area contributed by atoms with Crippen molar-refractivity contribution < 1.29 is 0 Å². The van der Waals surface area contributed by atoms with E-state index in [1.165, 1.54) is 98.7 Å². The van der Waals surface area contributed by atoms with E-state index in [0.29, 0.717) is 0 Å². The fraction of sp³-hybridized carbons (Fsp3) is 0. The van der Waals surface area contributed by atoms with E-state index < -0.39 is 0 Å². The topological polar surface area (TPSA) is 0 Å². The lowest BCUT2D eigenvalue weighted by Gasteiger charge is -2.19. The molecule has 10 aromatic carbocycles. The third kappa shape index (κ3) is 5.16. The van der Waals surface area contributed by atoms with Crippen LogP contribution in [-0.4, -0.2) is 0 Å². The second-order valence-corrected chi connectivity index (χ2v) is 13.7. The molecule has 0 aromatic heterocycles. The van der Waals surface area contributed by atoms with Gasteiger partial charge in [-0.1, -0.05) is 194 Å². The van der Waals surface area contributed by atoms with Crippen LogP contribution in [0.3, 0.4) is 0 Å². The maximum atomic E-state index is 2.40. The summed E-state index contributed by atoms with van der Waals surface area (Å²) in [4.78, 5) is 0. The second kappa shape index (κ2) is 12.5. The molecule has 0 N–H and O–H groups in total. The van der Waals surface area contributed by atoms with Gasteiger partial charge in [-0.15, -0.1) is 0 Å². The van der Waals surface area contributed by atoms with Gasteiger partial charge >= 0.3 is 0 Å². The van der Waals surface area contributed by atoms with Gasteiger partial charge in [-0.3, -0.25) is 0 Å².